The number of sulfonamides is 1. The summed E-state index contributed by atoms with van der Waals surface area (Å²) in [5.41, 5.74) is 1.60. The summed E-state index contributed by atoms with van der Waals surface area (Å²) in [6.45, 7) is 0.696. The molecule has 2 aromatic carbocycles. The zero-order valence-corrected chi connectivity index (χ0v) is 15.4. The van der Waals surface area contributed by atoms with E-state index in [1.54, 1.807) is 43.4 Å². The van der Waals surface area contributed by atoms with Crippen molar-refractivity contribution in [2.24, 2.45) is 0 Å². The van der Waals surface area contributed by atoms with Crippen LogP contribution < -0.4 is 4.31 Å². The van der Waals surface area contributed by atoms with Gasteiger partial charge in [0.1, 0.15) is 5.82 Å². The Labute approximate surface area is 153 Å². The van der Waals surface area contributed by atoms with Gasteiger partial charge in [-0.1, -0.05) is 18.2 Å². The number of amides is 1. The Morgan fingerprint density at radius 2 is 1.92 bits per heavy atom. The Balaban J connectivity index is 1.79. The molecule has 3 rings (SSSR count). The maximum atomic E-state index is 13.3. The summed E-state index contributed by atoms with van der Waals surface area (Å²) < 4.78 is 39.2. The van der Waals surface area contributed by atoms with Crippen LogP contribution in [0.5, 0.6) is 0 Å². The highest BCUT2D eigenvalue weighted by Crippen LogP contribution is 2.25. The molecule has 0 N–H and O–H groups in total. The quantitative estimate of drug-likeness (QED) is 0.824. The molecule has 0 aliphatic carbocycles. The van der Waals surface area contributed by atoms with E-state index in [1.165, 1.54) is 21.3 Å². The normalized spacial score (nSPS) is 16.3. The fourth-order valence-electron chi connectivity index (χ4n) is 3.07. The monoisotopic (exact) mass is 376 g/mol. The van der Waals surface area contributed by atoms with Gasteiger partial charge in [0.05, 0.1) is 11.4 Å². The highest BCUT2D eigenvalue weighted by Gasteiger charge is 2.26. The number of rotatable bonds is 4. The number of nitrogens with zero attached hydrogens (tertiary/aromatic N) is 2. The number of benzene rings is 2. The third kappa shape index (κ3) is 4.04. The van der Waals surface area contributed by atoms with Crippen LogP contribution in [0.15, 0.2) is 48.5 Å². The molecule has 0 unspecified atom stereocenters. The zero-order valence-electron chi connectivity index (χ0n) is 14.6. The first-order valence-electron chi connectivity index (χ1n) is 8.47. The molecule has 1 fully saturated rings. The average molecular weight is 376 g/mol. The molecule has 0 aromatic heterocycles. The molecule has 5 nitrogen and oxygen atoms in total. The van der Waals surface area contributed by atoms with E-state index in [0.717, 1.165) is 6.42 Å². The number of carbonyl (C=O) groups excluding carboxylic acids is 1. The van der Waals surface area contributed by atoms with E-state index < -0.39 is 10.0 Å². The fraction of sp³-hybridized carbons (Fsp3) is 0.316. The molecule has 26 heavy (non-hydrogen) atoms. The van der Waals surface area contributed by atoms with Crippen molar-refractivity contribution in [3.05, 3.63) is 65.5 Å². The maximum Gasteiger partial charge on any atom is 0.253 e. The molecule has 0 spiro atoms. The first-order valence-corrected chi connectivity index (χ1v) is 10.1. The highest BCUT2D eigenvalue weighted by molar-refractivity contribution is 7.92. The molecule has 0 radical (unpaired) electrons. The van der Waals surface area contributed by atoms with Gasteiger partial charge in [0.2, 0.25) is 10.0 Å². The molecular formula is C19H21FN2O3S. The van der Waals surface area contributed by atoms with Crippen LogP contribution >= 0.6 is 0 Å². The SMILES string of the molecule is CN(Cc1cccc(F)c1)C(=O)c1cccc(N2CCCCS2(=O)=O)c1. The maximum absolute atomic E-state index is 13.3. The van der Waals surface area contributed by atoms with E-state index in [2.05, 4.69) is 0 Å². The lowest BCUT2D eigenvalue weighted by molar-refractivity contribution is 0.0785. The third-order valence-electron chi connectivity index (χ3n) is 4.39. The Kier molecular flexibility index (Phi) is 5.27. The van der Waals surface area contributed by atoms with Crippen LogP contribution in [-0.4, -0.2) is 38.6 Å². The summed E-state index contributed by atoms with van der Waals surface area (Å²) >= 11 is 0. The summed E-state index contributed by atoms with van der Waals surface area (Å²) in [7, 11) is -1.69. The van der Waals surface area contributed by atoms with Crippen LogP contribution in [0.3, 0.4) is 0 Å². The summed E-state index contributed by atoms with van der Waals surface area (Å²) in [6.07, 6.45) is 1.46. The van der Waals surface area contributed by atoms with Crippen molar-refractivity contribution in [2.45, 2.75) is 19.4 Å². The van der Waals surface area contributed by atoms with Gasteiger partial charge in [-0.2, -0.15) is 0 Å². The van der Waals surface area contributed by atoms with E-state index in [4.69, 9.17) is 0 Å². The van der Waals surface area contributed by atoms with Crippen LogP contribution in [0.4, 0.5) is 10.1 Å². The smallest absolute Gasteiger partial charge is 0.253 e. The fourth-order valence-corrected chi connectivity index (χ4v) is 4.71. The lowest BCUT2D eigenvalue weighted by atomic mass is 10.1. The zero-order chi connectivity index (χ0) is 18.7. The molecule has 0 bridgehead atoms. The Hall–Kier alpha value is -2.41. The molecule has 138 valence electrons. The van der Waals surface area contributed by atoms with Crippen molar-refractivity contribution in [3.63, 3.8) is 0 Å². The van der Waals surface area contributed by atoms with Crippen molar-refractivity contribution < 1.29 is 17.6 Å². The number of halogens is 1. The van der Waals surface area contributed by atoms with Gasteiger partial charge in [-0.25, -0.2) is 12.8 Å². The van der Waals surface area contributed by atoms with Crippen molar-refractivity contribution in [2.75, 3.05) is 23.7 Å². The van der Waals surface area contributed by atoms with E-state index >= 15 is 0 Å². The van der Waals surface area contributed by atoms with Crippen LogP contribution in [0.25, 0.3) is 0 Å². The van der Waals surface area contributed by atoms with Crippen molar-refractivity contribution in [1.82, 2.24) is 4.90 Å². The molecule has 1 aliphatic rings. The molecular weight excluding hydrogens is 355 g/mol. The van der Waals surface area contributed by atoms with Crippen LogP contribution in [0.1, 0.15) is 28.8 Å². The Morgan fingerprint density at radius 3 is 2.65 bits per heavy atom. The minimum absolute atomic E-state index is 0.130. The topological polar surface area (TPSA) is 57.7 Å². The second-order valence-corrected chi connectivity index (χ2v) is 8.45. The van der Waals surface area contributed by atoms with Gasteiger partial charge < -0.3 is 4.90 Å². The highest BCUT2D eigenvalue weighted by atomic mass is 32.2. The third-order valence-corrected chi connectivity index (χ3v) is 6.26. The van der Waals surface area contributed by atoms with Gasteiger partial charge >= 0.3 is 0 Å². The van der Waals surface area contributed by atoms with E-state index in [1.807, 2.05) is 0 Å². The lowest BCUT2D eigenvalue weighted by Gasteiger charge is -2.28. The van der Waals surface area contributed by atoms with Crippen molar-refractivity contribution in [3.8, 4) is 0 Å². The molecule has 2 aromatic rings. The van der Waals surface area contributed by atoms with Gasteiger partial charge in [0, 0.05) is 25.7 Å². The summed E-state index contributed by atoms with van der Waals surface area (Å²) in [5, 5.41) is 0. The number of hydrogen-bond acceptors (Lipinski definition) is 3. The summed E-state index contributed by atoms with van der Waals surface area (Å²) in [5.74, 6) is -0.462. The minimum atomic E-state index is -3.33. The molecule has 7 heteroatoms. The Morgan fingerprint density at radius 1 is 1.15 bits per heavy atom. The number of hydrogen-bond donors (Lipinski definition) is 0. The number of anilines is 1. The van der Waals surface area contributed by atoms with Gasteiger partial charge in [-0.3, -0.25) is 9.10 Å². The second-order valence-electron chi connectivity index (χ2n) is 6.44. The molecule has 0 saturated carbocycles. The molecule has 0 atom stereocenters. The van der Waals surface area contributed by atoms with Gasteiger partial charge in [-0.15, -0.1) is 0 Å². The van der Waals surface area contributed by atoms with Crippen LogP contribution in [-0.2, 0) is 16.6 Å². The first-order chi connectivity index (χ1) is 12.4. The predicted molar refractivity (Wildman–Crippen MR) is 99.0 cm³/mol. The lowest BCUT2D eigenvalue weighted by Crippen LogP contribution is -2.38. The van der Waals surface area contributed by atoms with E-state index in [0.29, 0.717) is 29.8 Å². The molecule has 1 amide bonds. The minimum Gasteiger partial charge on any atom is -0.337 e. The summed E-state index contributed by atoms with van der Waals surface area (Å²) in [4.78, 5) is 14.2. The van der Waals surface area contributed by atoms with Crippen LogP contribution in [0.2, 0.25) is 0 Å². The Bertz CT molecular complexity index is 915. The van der Waals surface area contributed by atoms with Gasteiger partial charge in [-0.05, 0) is 48.7 Å². The van der Waals surface area contributed by atoms with E-state index in [-0.39, 0.29) is 24.0 Å². The largest absolute Gasteiger partial charge is 0.337 e. The second kappa shape index (κ2) is 7.45. The van der Waals surface area contributed by atoms with Gasteiger partial charge in [0.25, 0.3) is 5.91 Å². The van der Waals surface area contributed by atoms with E-state index in [9.17, 15) is 17.6 Å². The van der Waals surface area contributed by atoms with Crippen molar-refractivity contribution in [1.29, 1.82) is 0 Å². The van der Waals surface area contributed by atoms with Crippen LogP contribution in [0, 0.1) is 5.82 Å². The molecule has 1 saturated heterocycles. The molecule has 1 heterocycles. The first kappa shape index (κ1) is 18.4. The number of carbonyl (C=O) groups is 1. The van der Waals surface area contributed by atoms with Crippen molar-refractivity contribution >= 4 is 21.6 Å². The summed E-state index contributed by atoms with van der Waals surface area (Å²) in [6, 6.07) is 12.7. The predicted octanol–water partition coefficient (Wildman–Crippen LogP) is 3.03. The average Bonchev–Trinajstić information content (AvgIpc) is 2.61. The standard InChI is InChI=1S/C19H21FN2O3S/c1-21(14-15-6-4-8-17(20)12-15)19(23)16-7-5-9-18(13-16)22-10-2-3-11-26(22,24)25/h4-9,12-13H,2-3,10-11,14H2,1H3. The van der Waals surface area contributed by atoms with Gasteiger partial charge in [0.15, 0.2) is 0 Å². The molecule has 1 aliphatic heterocycles.